The Kier molecular flexibility index (Phi) is 6.37. The van der Waals surface area contributed by atoms with Crippen molar-refractivity contribution in [1.29, 1.82) is 0 Å². The molecule has 3 atom stereocenters. The number of carbonyl (C=O) groups is 1. The largest absolute Gasteiger partial charge is 0.391 e. The van der Waals surface area contributed by atoms with E-state index in [0.717, 1.165) is 5.56 Å². The molecule has 0 aliphatic carbocycles. The second-order valence-electron chi connectivity index (χ2n) is 6.89. The fraction of sp³-hybridized carbons (Fsp3) is 0.588. The third kappa shape index (κ3) is 6.27. The summed E-state index contributed by atoms with van der Waals surface area (Å²) in [6.45, 7) is 8.26. The van der Waals surface area contributed by atoms with Gasteiger partial charge in [-0.25, -0.2) is 0 Å². The topological polar surface area (TPSA) is 75.3 Å². The summed E-state index contributed by atoms with van der Waals surface area (Å²) in [5, 5.41) is 12.7. The van der Waals surface area contributed by atoms with Crippen LogP contribution in [0.15, 0.2) is 30.3 Å². The van der Waals surface area contributed by atoms with E-state index in [0.29, 0.717) is 6.42 Å². The standard InChI is InChI=1S/C17H28N2O2/c1-12(15(18)13-8-6-5-7-9-13)16(21)19-11-14(20)10-17(2,3)4/h5-9,12,14-15,20H,10-11,18H2,1-4H3,(H,19,21). The van der Waals surface area contributed by atoms with E-state index in [1.54, 1.807) is 0 Å². The second kappa shape index (κ2) is 7.57. The van der Waals surface area contributed by atoms with Gasteiger partial charge in [0.15, 0.2) is 0 Å². The van der Waals surface area contributed by atoms with Gasteiger partial charge in [-0.15, -0.1) is 0 Å². The van der Waals surface area contributed by atoms with Gasteiger partial charge in [0.25, 0.3) is 0 Å². The van der Waals surface area contributed by atoms with Crippen LogP contribution in [-0.4, -0.2) is 23.7 Å². The fourth-order valence-corrected chi connectivity index (χ4v) is 2.29. The maximum atomic E-state index is 12.1. The quantitative estimate of drug-likeness (QED) is 0.752. The van der Waals surface area contributed by atoms with Crippen LogP contribution in [0, 0.1) is 11.3 Å². The number of benzene rings is 1. The molecular weight excluding hydrogens is 264 g/mol. The van der Waals surface area contributed by atoms with E-state index in [1.807, 2.05) is 37.3 Å². The molecule has 0 aromatic heterocycles. The number of rotatable bonds is 6. The summed E-state index contributed by atoms with van der Waals surface area (Å²) in [5.74, 6) is -0.464. The summed E-state index contributed by atoms with van der Waals surface area (Å²) in [6.07, 6.45) is 0.112. The first-order chi connectivity index (χ1) is 9.70. The molecule has 21 heavy (non-hydrogen) atoms. The van der Waals surface area contributed by atoms with E-state index in [2.05, 4.69) is 26.1 Å². The highest BCUT2D eigenvalue weighted by atomic mass is 16.3. The van der Waals surface area contributed by atoms with Crippen molar-refractivity contribution < 1.29 is 9.90 Å². The van der Waals surface area contributed by atoms with E-state index in [4.69, 9.17) is 5.73 Å². The minimum absolute atomic E-state index is 0.0379. The Labute approximate surface area is 127 Å². The molecular formula is C17H28N2O2. The smallest absolute Gasteiger partial charge is 0.224 e. The van der Waals surface area contributed by atoms with Crippen molar-refractivity contribution in [3.05, 3.63) is 35.9 Å². The van der Waals surface area contributed by atoms with Crippen molar-refractivity contribution in [3.63, 3.8) is 0 Å². The Bertz CT molecular complexity index is 440. The van der Waals surface area contributed by atoms with Crippen LogP contribution in [0.4, 0.5) is 0 Å². The van der Waals surface area contributed by atoms with E-state index < -0.39 is 6.10 Å². The number of amides is 1. The Balaban J connectivity index is 2.48. The second-order valence-corrected chi connectivity index (χ2v) is 6.89. The van der Waals surface area contributed by atoms with Crippen LogP contribution in [0.5, 0.6) is 0 Å². The van der Waals surface area contributed by atoms with Crippen LogP contribution < -0.4 is 11.1 Å². The van der Waals surface area contributed by atoms with Crippen molar-refractivity contribution in [2.24, 2.45) is 17.1 Å². The number of carbonyl (C=O) groups excluding carboxylic acids is 1. The number of nitrogens with one attached hydrogen (secondary N) is 1. The highest BCUT2D eigenvalue weighted by Crippen LogP contribution is 2.21. The third-order valence-electron chi connectivity index (χ3n) is 3.50. The maximum absolute atomic E-state index is 12.1. The molecule has 1 aromatic carbocycles. The normalized spacial score (nSPS) is 16.1. The van der Waals surface area contributed by atoms with Crippen molar-refractivity contribution in [3.8, 4) is 0 Å². The van der Waals surface area contributed by atoms with Crippen LogP contribution in [-0.2, 0) is 4.79 Å². The molecule has 0 saturated carbocycles. The van der Waals surface area contributed by atoms with Gasteiger partial charge in [-0.1, -0.05) is 58.0 Å². The molecule has 1 amide bonds. The summed E-state index contributed by atoms with van der Waals surface area (Å²) in [5.41, 5.74) is 7.10. The minimum Gasteiger partial charge on any atom is -0.391 e. The summed E-state index contributed by atoms with van der Waals surface area (Å²) in [4.78, 5) is 12.1. The lowest BCUT2D eigenvalue weighted by molar-refractivity contribution is -0.125. The van der Waals surface area contributed by atoms with Gasteiger partial charge in [0.1, 0.15) is 0 Å². The van der Waals surface area contributed by atoms with Crippen LogP contribution in [0.2, 0.25) is 0 Å². The van der Waals surface area contributed by atoms with Gasteiger partial charge in [-0.05, 0) is 17.4 Å². The number of aliphatic hydroxyl groups is 1. The van der Waals surface area contributed by atoms with Gasteiger partial charge >= 0.3 is 0 Å². The van der Waals surface area contributed by atoms with Gasteiger partial charge in [0.2, 0.25) is 5.91 Å². The van der Waals surface area contributed by atoms with E-state index >= 15 is 0 Å². The lowest BCUT2D eigenvalue weighted by Gasteiger charge is -2.24. The fourth-order valence-electron chi connectivity index (χ4n) is 2.29. The summed E-state index contributed by atoms with van der Waals surface area (Å²) >= 11 is 0. The van der Waals surface area contributed by atoms with Crippen LogP contribution >= 0.6 is 0 Å². The predicted molar refractivity (Wildman–Crippen MR) is 85.6 cm³/mol. The van der Waals surface area contributed by atoms with Gasteiger partial charge in [-0.3, -0.25) is 4.79 Å². The summed E-state index contributed by atoms with van der Waals surface area (Å²) < 4.78 is 0. The molecule has 0 bridgehead atoms. The minimum atomic E-state index is -0.533. The van der Waals surface area contributed by atoms with Gasteiger partial charge < -0.3 is 16.2 Å². The molecule has 1 rings (SSSR count). The zero-order chi connectivity index (χ0) is 16.0. The molecule has 0 aliphatic rings. The zero-order valence-electron chi connectivity index (χ0n) is 13.5. The average molecular weight is 292 g/mol. The highest BCUT2D eigenvalue weighted by molar-refractivity contribution is 5.79. The lowest BCUT2D eigenvalue weighted by atomic mass is 9.89. The number of aliphatic hydroxyl groups excluding tert-OH is 1. The maximum Gasteiger partial charge on any atom is 0.224 e. The summed E-state index contributed by atoms with van der Waals surface area (Å²) in [6, 6.07) is 9.24. The molecule has 4 heteroatoms. The predicted octanol–water partition coefficient (Wildman–Crippen LogP) is 2.24. The van der Waals surface area contributed by atoms with Gasteiger partial charge in [0, 0.05) is 12.6 Å². The molecule has 0 saturated heterocycles. The Morgan fingerprint density at radius 1 is 1.29 bits per heavy atom. The van der Waals surface area contributed by atoms with E-state index in [1.165, 1.54) is 0 Å². The van der Waals surface area contributed by atoms with Crippen LogP contribution in [0.1, 0.15) is 45.7 Å². The van der Waals surface area contributed by atoms with Crippen LogP contribution in [0.3, 0.4) is 0 Å². The summed E-state index contributed by atoms with van der Waals surface area (Å²) in [7, 11) is 0. The van der Waals surface area contributed by atoms with Crippen molar-refractivity contribution >= 4 is 5.91 Å². The van der Waals surface area contributed by atoms with Crippen molar-refractivity contribution in [1.82, 2.24) is 5.32 Å². The highest BCUT2D eigenvalue weighted by Gasteiger charge is 2.23. The number of hydrogen-bond acceptors (Lipinski definition) is 3. The van der Waals surface area contributed by atoms with Gasteiger partial charge in [0.05, 0.1) is 12.0 Å². The number of nitrogens with two attached hydrogens (primary N) is 1. The molecule has 4 N–H and O–H groups in total. The molecule has 0 spiro atoms. The molecule has 0 radical (unpaired) electrons. The molecule has 0 heterocycles. The first kappa shape index (κ1) is 17.7. The molecule has 3 unspecified atom stereocenters. The van der Waals surface area contributed by atoms with Crippen molar-refractivity contribution in [2.75, 3.05) is 6.54 Å². The SMILES string of the molecule is CC(C(=O)NCC(O)CC(C)(C)C)C(N)c1ccccc1. The van der Waals surface area contributed by atoms with Gasteiger partial charge in [-0.2, -0.15) is 0 Å². The van der Waals surface area contributed by atoms with E-state index in [-0.39, 0.29) is 29.8 Å². The molecule has 0 fully saturated rings. The monoisotopic (exact) mass is 292 g/mol. The zero-order valence-corrected chi connectivity index (χ0v) is 13.5. The number of hydrogen-bond donors (Lipinski definition) is 3. The molecule has 1 aromatic rings. The Morgan fingerprint density at radius 3 is 2.38 bits per heavy atom. The first-order valence-electron chi connectivity index (χ1n) is 7.47. The van der Waals surface area contributed by atoms with Crippen molar-refractivity contribution in [2.45, 2.75) is 46.3 Å². The van der Waals surface area contributed by atoms with E-state index in [9.17, 15) is 9.90 Å². The molecule has 4 nitrogen and oxygen atoms in total. The lowest BCUT2D eigenvalue weighted by Crippen LogP contribution is -2.40. The third-order valence-corrected chi connectivity index (χ3v) is 3.50. The first-order valence-corrected chi connectivity index (χ1v) is 7.47. The van der Waals surface area contributed by atoms with Crippen LogP contribution in [0.25, 0.3) is 0 Å². The average Bonchev–Trinajstić information content (AvgIpc) is 2.42. The molecule has 118 valence electrons. The Hall–Kier alpha value is -1.39. The Morgan fingerprint density at radius 2 is 1.86 bits per heavy atom. The molecule has 0 aliphatic heterocycles.